The van der Waals surface area contributed by atoms with Crippen LogP contribution >= 0.6 is 0 Å². The molecule has 25 heavy (non-hydrogen) atoms. The van der Waals surface area contributed by atoms with Gasteiger partial charge in [-0.1, -0.05) is 0 Å². The number of carbonyl (C=O) groups excluding carboxylic acids is 1. The largest absolute Gasteiger partial charge is 0.334 e. The number of rotatable bonds is 6. The zero-order valence-electron chi connectivity index (χ0n) is 15.0. The predicted octanol–water partition coefficient (Wildman–Crippen LogP) is 1.69. The topological polar surface area (TPSA) is 73.8 Å². The maximum Gasteiger partial charge on any atom is 0.274 e. The first-order valence-corrected chi connectivity index (χ1v) is 8.28. The van der Waals surface area contributed by atoms with Crippen LogP contribution in [-0.2, 0) is 19.8 Å². The van der Waals surface area contributed by atoms with Crippen molar-refractivity contribution in [3.63, 3.8) is 0 Å². The smallest absolute Gasteiger partial charge is 0.274 e. The van der Waals surface area contributed by atoms with Gasteiger partial charge in [0.2, 0.25) is 0 Å². The summed E-state index contributed by atoms with van der Waals surface area (Å²) in [5.74, 6) is -0.115. The van der Waals surface area contributed by atoms with E-state index in [9.17, 15) is 4.79 Å². The van der Waals surface area contributed by atoms with E-state index in [2.05, 4.69) is 15.3 Å². The van der Waals surface area contributed by atoms with Crippen LogP contribution in [0.2, 0.25) is 0 Å². The first-order chi connectivity index (χ1) is 12.0. The normalized spacial score (nSPS) is 11.0. The first-order valence-electron chi connectivity index (χ1n) is 8.28. The number of carbonyl (C=O) groups is 1. The van der Waals surface area contributed by atoms with Crippen molar-refractivity contribution in [1.82, 2.24) is 34.2 Å². The van der Waals surface area contributed by atoms with Crippen LogP contribution in [0.4, 0.5) is 0 Å². The molecule has 132 valence electrons. The van der Waals surface area contributed by atoms with E-state index in [1.165, 1.54) is 0 Å². The van der Waals surface area contributed by atoms with E-state index < -0.39 is 0 Å². The van der Waals surface area contributed by atoms with Crippen LogP contribution in [0.5, 0.6) is 0 Å². The number of aromatic nitrogens is 6. The molecule has 0 saturated carbocycles. The van der Waals surface area contributed by atoms with Crippen molar-refractivity contribution < 1.29 is 4.79 Å². The molecule has 0 aromatic carbocycles. The molecule has 0 aliphatic carbocycles. The molecule has 0 fully saturated rings. The zero-order chi connectivity index (χ0) is 18.0. The zero-order valence-corrected chi connectivity index (χ0v) is 15.0. The Kier molecular flexibility index (Phi) is 4.69. The second-order valence-electron chi connectivity index (χ2n) is 6.11. The molecule has 8 heteroatoms. The van der Waals surface area contributed by atoms with E-state index in [-0.39, 0.29) is 5.91 Å². The van der Waals surface area contributed by atoms with Gasteiger partial charge in [-0.25, -0.2) is 4.68 Å². The third-order valence-corrected chi connectivity index (χ3v) is 4.09. The predicted molar refractivity (Wildman–Crippen MR) is 93.0 cm³/mol. The summed E-state index contributed by atoms with van der Waals surface area (Å²) in [6.45, 7) is 7.74. The lowest BCUT2D eigenvalue weighted by atomic mass is 10.3. The van der Waals surface area contributed by atoms with Gasteiger partial charge in [-0.2, -0.15) is 15.3 Å². The van der Waals surface area contributed by atoms with Gasteiger partial charge in [0.15, 0.2) is 0 Å². The van der Waals surface area contributed by atoms with Gasteiger partial charge in [0.05, 0.1) is 17.9 Å². The van der Waals surface area contributed by atoms with Crippen LogP contribution < -0.4 is 0 Å². The van der Waals surface area contributed by atoms with Crippen molar-refractivity contribution in [2.45, 2.75) is 40.5 Å². The van der Waals surface area contributed by atoms with E-state index in [0.29, 0.717) is 18.9 Å². The molecule has 3 aromatic heterocycles. The summed E-state index contributed by atoms with van der Waals surface area (Å²) < 4.78 is 5.46. The Hall–Kier alpha value is -2.90. The molecule has 3 heterocycles. The summed E-state index contributed by atoms with van der Waals surface area (Å²) in [6.07, 6.45) is 3.55. The number of nitrogens with zero attached hydrogens (tertiary/aromatic N) is 7. The lowest BCUT2D eigenvalue weighted by Crippen LogP contribution is -2.28. The molecule has 3 rings (SSSR count). The fraction of sp³-hybridized carbons (Fsp3) is 0.412. The maximum absolute atomic E-state index is 12.6. The second-order valence-corrected chi connectivity index (χ2v) is 6.11. The minimum absolute atomic E-state index is 0.115. The molecular weight excluding hydrogens is 318 g/mol. The van der Waals surface area contributed by atoms with Crippen molar-refractivity contribution in [3.05, 3.63) is 53.4 Å². The van der Waals surface area contributed by atoms with Gasteiger partial charge in [0, 0.05) is 31.7 Å². The number of hydrogen-bond donors (Lipinski definition) is 0. The van der Waals surface area contributed by atoms with Crippen molar-refractivity contribution >= 4 is 5.91 Å². The van der Waals surface area contributed by atoms with Crippen molar-refractivity contribution in [1.29, 1.82) is 0 Å². The highest BCUT2D eigenvalue weighted by Gasteiger charge is 2.16. The van der Waals surface area contributed by atoms with Gasteiger partial charge in [-0.15, -0.1) is 0 Å². The summed E-state index contributed by atoms with van der Waals surface area (Å²) in [4.78, 5) is 14.3. The molecule has 0 unspecified atom stereocenters. The van der Waals surface area contributed by atoms with Crippen LogP contribution in [-0.4, -0.2) is 47.2 Å². The molecule has 0 atom stereocenters. The number of hydrogen-bond acceptors (Lipinski definition) is 4. The molecule has 0 radical (unpaired) electrons. The average Bonchev–Trinajstić information content (AvgIpc) is 3.28. The number of amides is 1. The lowest BCUT2D eigenvalue weighted by molar-refractivity contribution is 0.0774. The minimum Gasteiger partial charge on any atom is -0.334 e. The summed E-state index contributed by atoms with van der Waals surface area (Å²) in [5, 5.41) is 13.0. The lowest BCUT2D eigenvalue weighted by Gasteiger charge is -2.16. The highest BCUT2D eigenvalue weighted by Crippen LogP contribution is 2.08. The molecule has 0 bridgehead atoms. The van der Waals surface area contributed by atoms with Gasteiger partial charge in [-0.05, 0) is 39.0 Å². The molecule has 0 spiro atoms. The van der Waals surface area contributed by atoms with Gasteiger partial charge in [0.25, 0.3) is 5.91 Å². The summed E-state index contributed by atoms with van der Waals surface area (Å²) in [5.41, 5.74) is 3.45. The Morgan fingerprint density at radius 3 is 2.68 bits per heavy atom. The van der Waals surface area contributed by atoms with Crippen LogP contribution in [0, 0.1) is 13.8 Å². The third kappa shape index (κ3) is 3.62. The molecule has 0 aliphatic rings. The standard InChI is InChI=1S/C17H23N7O/c1-5-23-15(6-8-18-23)11-21(4)17(25)16-7-9-22(20-16)12-24-14(3)10-13(2)19-24/h6-10H,5,11-12H2,1-4H3. The molecular formula is C17H23N7O. The first kappa shape index (κ1) is 16.9. The van der Waals surface area contributed by atoms with Crippen LogP contribution in [0.25, 0.3) is 0 Å². The quantitative estimate of drug-likeness (QED) is 0.684. The van der Waals surface area contributed by atoms with Crippen LogP contribution in [0.3, 0.4) is 0 Å². The SMILES string of the molecule is CCn1nccc1CN(C)C(=O)c1ccn(Cn2nc(C)cc2C)n1. The van der Waals surface area contributed by atoms with E-state index in [1.54, 1.807) is 35.1 Å². The Morgan fingerprint density at radius 1 is 1.20 bits per heavy atom. The minimum atomic E-state index is -0.115. The molecule has 0 N–H and O–H groups in total. The van der Waals surface area contributed by atoms with Crippen LogP contribution in [0.1, 0.15) is 34.5 Å². The Bertz CT molecular complexity index is 873. The maximum atomic E-state index is 12.6. The van der Waals surface area contributed by atoms with Crippen molar-refractivity contribution in [2.75, 3.05) is 7.05 Å². The highest BCUT2D eigenvalue weighted by molar-refractivity contribution is 5.91. The van der Waals surface area contributed by atoms with E-state index >= 15 is 0 Å². The van der Waals surface area contributed by atoms with Gasteiger partial charge >= 0.3 is 0 Å². The number of aryl methyl sites for hydroxylation is 3. The molecule has 8 nitrogen and oxygen atoms in total. The Labute approximate surface area is 146 Å². The molecule has 1 amide bonds. The van der Waals surface area contributed by atoms with E-state index in [0.717, 1.165) is 23.6 Å². The van der Waals surface area contributed by atoms with Gasteiger partial charge < -0.3 is 4.90 Å². The van der Waals surface area contributed by atoms with E-state index in [4.69, 9.17) is 0 Å². The Balaban J connectivity index is 1.68. The molecule has 3 aromatic rings. The summed E-state index contributed by atoms with van der Waals surface area (Å²) in [7, 11) is 1.77. The average molecular weight is 341 g/mol. The van der Waals surface area contributed by atoms with Crippen molar-refractivity contribution in [2.24, 2.45) is 0 Å². The van der Waals surface area contributed by atoms with Crippen molar-refractivity contribution in [3.8, 4) is 0 Å². The van der Waals surface area contributed by atoms with Gasteiger partial charge in [0.1, 0.15) is 12.4 Å². The summed E-state index contributed by atoms with van der Waals surface area (Å²) in [6, 6.07) is 5.68. The van der Waals surface area contributed by atoms with Gasteiger partial charge in [-0.3, -0.25) is 14.2 Å². The highest BCUT2D eigenvalue weighted by atomic mass is 16.2. The summed E-state index contributed by atoms with van der Waals surface area (Å²) >= 11 is 0. The van der Waals surface area contributed by atoms with E-state index in [1.807, 2.05) is 42.3 Å². The second kappa shape index (κ2) is 6.92. The fourth-order valence-corrected chi connectivity index (χ4v) is 2.80. The van der Waals surface area contributed by atoms with Crippen LogP contribution in [0.15, 0.2) is 30.6 Å². The monoisotopic (exact) mass is 341 g/mol. The fourth-order valence-electron chi connectivity index (χ4n) is 2.80. The molecule has 0 saturated heterocycles. The third-order valence-electron chi connectivity index (χ3n) is 4.09. The molecule has 0 aliphatic heterocycles. The Morgan fingerprint density at radius 2 is 2.00 bits per heavy atom.